The molecule has 2 fully saturated rings. The van der Waals surface area contributed by atoms with Gasteiger partial charge in [-0.1, -0.05) is 47.6 Å². The first kappa shape index (κ1) is 21.5. The fourth-order valence-electron chi connectivity index (χ4n) is 4.67. The van der Waals surface area contributed by atoms with Crippen molar-refractivity contribution < 1.29 is 9.59 Å². The Morgan fingerprint density at radius 1 is 0.867 bits per heavy atom. The Hall–Kier alpha value is -1.75. The first-order valence-corrected chi connectivity index (χ1v) is 11.4. The molecule has 1 saturated carbocycles. The van der Waals surface area contributed by atoms with E-state index < -0.39 is 0 Å². The van der Waals surface area contributed by atoms with E-state index in [4.69, 9.17) is 34.8 Å². The Morgan fingerprint density at radius 2 is 1.57 bits per heavy atom. The molecule has 0 bridgehead atoms. The van der Waals surface area contributed by atoms with Gasteiger partial charge < -0.3 is 10.2 Å². The lowest BCUT2D eigenvalue weighted by molar-refractivity contribution is 0.0391. The summed E-state index contributed by atoms with van der Waals surface area (Å²) >= 11 is 18.5. The highest BCUT2D eigenvalue weighted by Crippen LogP contribution is 2.36. The van der Waals surface area contributed by atoms with Crippen molar-refractivity contribution in [1.29, 1.82) is 0 Å². The molecule has 2 atom stereocenters. The number of nitrogens with one attached hydrogen (secondary N) is 1. The van der Waals surface area contributed by atoms with Gasteiger partial charge in [0.2, 0.25) is 0 Å². The van der Waals surface area contributed by atoms with Crippen molar-refractivity contribution in [3.05, 3.63) is 62.6 Å². The fourth-order valence-corrected chi connectivity index (χ4v) is 5.43. The summed E-state index contributed by atoms with van der Waals surface area (Å²) in [6.45, 7) is 0.782. The number of nitrogens with zero attached hydrogens (tertiary/aromatic N) is 1. The second-order valence-corrected chi connectivity index (χ2v) is 9.28. The highest BCUT2D eigenvalue weighted by atomic mass is 35.5. The number of hydrogen-bond donors (Lipinski definition) is 1. The fraction of sp³-hybridized carbons (Fsp3) is 0.391. The van der Waals surface area contributed by atoms with Crippen LogP contribution in [0.3, 0.4) is 0 Å². The second-order valence-electron chi connectivity index (χ2n) is 8.03. The number of carbonyl (C=O) groups is 2. The van der Waals surface area contributed by atoms with E-state index in [0.29, 0.717) is 38.8 Å². The molecule has 1 heterocycles. The van der Waals surface area contributed by atoms with Gasteiger partial charge in [0.25, 0.3) is 11.8 Å². The van der Waals surface area contributed by atoms with Crippen molar-refractivity contribution in [3.8, 4) is 0 Å². The van der Waals surface area contributed by atoms with Crippen LogP contribution in [0, 0.1) is 5.92 Å². The van der Waals surface area contributed by atoms with E-state index in [1.54, 1.807) is 30.3 Å². The standard InChI is InChI=1S/C23H23Cl3N2O2/c24-15-7-9-17(19(25)12-15)22(29)27-16-8-10-18(20(26)13-16)23(30)28-11-3-5-14-4-1-2-6-21(14)28/h7-10,12-14,21H,1-6,11H2,(H,27,29)/t14-,21+/m1/s1. The number of fused-ring (bicyclic) bond motifs is 1. The molecule has 1 N–H and O–H groups in total. The van der Waals surface area contributed by atoms with Gasteiger partial charge in [0, 0.05) is 23.3 Å². The summed E-state index contributed by atoms with van der Waals surface area (Å²) in [5, 5.41) is 3.83. The Kier molecular flexibility index (Phi) is 6.57. The van der Waals surface area contributed by atoms with E-state index in [-0.39, 0.29) is 16.8 Å². The first-order chi connectivity index (χ1) is 14.4. The third-order valence-electron chi connectivity index (χ3n) is 6.14. The van der Waals surface area contributed by atoms with Crippen molar-refractivity contribution in [3.63, 3.8) is 0 Å². The van der Waals surface area contributed by atoms with Crippen LogP contribution in [-0.2, 0) is 0 Å². The predicted octanol–water partition coefficient (Wildman–Crippen LogP) is 6.69. The molecule has 30 heavy (non-hydrogen) atoms. The minimum Gasteiger partial charge on any atom is -0.335 e. The molecule has 2 aromatic rings. The van der Waals surface area contributed by atoms with Gasteiger partial charge in [0.1, 0.15) is 0 Å². The Balaban J connectivity index is 1.50. The molecule has 2 aliphatic rings. The molecule has 0 unspecified atom stereocenters. The molecule has 0 spiro atoms. The van der Waals surface area contributed by atoms with Crippen LogP contribution >= 0.6 is 34.8 Å². The number of anilines is 1. The summed E-state index contributed by atoms with van der Waals surface area (Å²) in [5.41, 5.74) is 1.29. The van der Waals surface area contributed by atoms with Crippen molar-refractivity contribution in [2.75, 3.05) is 11.9 Å². The Morgan fingerprint density at radius 3 is 2.33 bits per heavy atom. The molecule has 4 nitrogen and oxygen atoms in total. The molecule has 0 aromatic heterocycles. The quantitative estimate of drug-likeness (QED) is 0.548. The average molecular weight is 466 g/mol. The van der Waals surface area contributed by atoms with Gasteiger partial charge in [0.05, 0.1) is 21.2 Å². The summed E-state index contributed by atoms with van der Waals surface area (Å²) in [7, 11) is 0. The predicted molar refractivity (Wildman–Crippen MR) is 122 cm³/mol. The molecule has 2 amide bonds. The molecule has 158 valence electrons. The third-order valence-corrected chi connectivity index (χ3v) is 7.00. The molecule has 7 heteroatoms. The molecule has 4 rings (SSSR count). The van der Waals surface area contributed by atoms with E-state index in [2.05, 4.69) is 5.32 Å². The summed E-state index contributed by atoms with van der Waals surface area (Å²) < 4.78 is 0. The number of hydrogen-bond acceptors (Lipinski definition) is 2. The summed E-state index contributed by atoms with van der Waals surface area (Å²) in [4.78, 5) is 27.8. The van der Waals surface area contributed by atoms with Crippen molar-refractivity contribution in [2.24, 2.45) is 5.92 Å². The lowest BCUT2D eigenvalue weighted by Crippen LogP contribution is -2.49. The van der Waals surface area contributed by atoms with Crippen LogP contribution in [-0.4, -0.2) is 29.3 Å². The second kappa shape index (κ2) is 9.17. The lowest BCUT2D eigenvalue weighted by Gasteiger charge is -2.44. The molecule has 1 aliphatic carbocycles. The SMILES string of the molecule is O=C(Nc1ccc(C(=O)N2CCC[C@H]3CCCC[C@@H]32)c(Cl)c1)c1ccc(Cl)cc1Cl. The number of amides is 2. The molecule has 1 aliphatic heterocycles. The number of benzene rings is 2. The maximum atomic E-state index is 13.2. The zero-order valence-electron chi connectivity index (χ0n) is 16.5. The van der Waals surface area contributed by atoms with Gasteiger partial charge in [-0.25, -0.2) is 0 Å². The summed E-state index contributed by atoms with van der Waals surface area (Å²) in [5.74, 6) is 0.223. The largest absolute Gasteiger partial charge is 0.335 e. The molecule has 2 aromatic carbocycles. The zero-order valence-corrected chi connectivity index (χ0v) is 18.7. The number of rotatable bonds is 3. The van der Waals surface area contributed by atoms with Gasteiger partial charge in [-0.05, 0) is 68.0 Å². The smallest absolute Gasteiger partial charge is 0.257 e. The van der Waals surface area contributed by atoms with Crippen LogP contribution in [0.1, 0.15) is 59.2 Å². The summed E-state index contributed by atoms with van der Waals surface area (Å²) in [6, 6.07) is 10.0. The number of piperidine rings is 1. The highest BCUT2D eigenvalue weighted by Gasteiger charge is 2.36. The maximum absolute atomic E-state index is 13.2. The van der Waals surface area contributed by atoms with Crippen LogP contribution < -0.4 is 5.32 Å². The zero-order chi connectivity index (χ0) is 21.3. The number of halogens is 3. The topological polar surface area (TPSA) is 49.4 Å². The Labute approximate surface area is 191 Å². The molecule has 0 radical (unpaired) electrons. The van der Waals surface area contributed by atoms with Crippen molar-refractivity contribution in [1.82, 2.24) is 4.90 Å². The van der Waals surface area contributed by atoms with Crippen LogP contribution in [0.5, 0.6) is 0 Å². The molecule has 1 saturated heterocycles. The van der Waals surface area contributed by atoms with E-state index >= 15 is 0 Å². The van der Waals surface area contributed by atoms with Gasteiger partial charge in [0.15, 0.2) is 0 Å². The normalized spacial score (nSPS) is 21.1. The van der Waals surface area contributed by atoms with Crippen LogP contribution in [0.4, 0.5) is 5.69 Å². The van der Waals surface area contributed by atoms with E-state index in [0.717, 1.165) is 19.4 Å². The Bertz CT molecular complexity index is 977. The van der Waals surface area contributed by atoms with Crippen LogP contribution in [0.2, 0.25) is 15.1 Å². The van der Waals surface area contributed by atoms with E-state index in [9.17, 15) is 9.59 Å². The van der Waals surface area contributed by atoms with Gasteiger partial charge in [-0.2, -0.15) is 0 Å². The highest BCUT2D eigenvalue weighted by molar-refractivity contribution is 6.37. The van der Waals surface area contributed by atoms with E-state index in [1.807, 2.05) is 4.90 Å². The monoisotopic (exact) mass is 464 g/mol. The van der Waals surface area contributed by atoms with Crippen LogP contribution in [0.15, 0.2) is 36.4 Å². The average Bonchev–Trinajstić information content (AvgIpc) is 2.73. The first-order valence-electron chi connectivity index (χ1n) is 10.3. The van der Waals surface area contributed by atoms with Crippen molar-refractivity contribution in [2.45, 2.75) is 44.6 Å². The van der Waals surface area contributed by atoms with Gasteiger partial charge >= 0.3 is 0 Å². The number of carbonyl (C=O) groups excluding carboxylic acids is 2. The van der Waals surface area contributed by atoms with Gasteiger partial charge in [-0.15, -0.1) is 0 Å². The van der Waals surface area contributed by atoms with Crippen molar-refractivity contribution >= 4 is 52.3 Å². The lowest BCUT2D eigenvalue weighted by atomic mass is 9.78. The van der Waals surface area contributed by atoms with Gasteiger partial charge in [-0.3, -0.25) is 9.59 Å². The summed E-state index contributed by atoms with van der Waals surface area (Å²) in [6.07, 6.45) is 6.97. The molecular weight excluding hydrogens is 443 g/mol. The third kappa shape index (κ3) is 4.46. The molecular formula is C23H23Cl3N2O2. The number of likely N-dealkylation sites (tertiary alicyclic amines) is 1. The minimum atomic E-state index is -0.368. The van der Waals surface area contributed by atoms with E-state index in [1.165, 1.54) is 31.7 Å². The van der Waals surface area contributed by atoms with Crippen LogP contribution in [0.25, 0.3) is 0 Å². The minimum absolute atomic E-state index is 0.0183. The maximum Gasteiger partial charge on any atom is 0.257 e.